The number of carbonyl (C=O) groups excluding carboxylic acids is 1. The molecule has 1 amide bonds. The quantitative estimate of drug-likeness (QED) is 0.465. The van der Waals surface area contributed by atoms with Gasteiger partial charge in [-0.3, -0.25) is 9.78 Å². The van der Waals surface area contributed by atoms with Crippen molar-refractivity contribution in [3.63, 3.8) is 0 Å². The van der Waals surface area contributed by atoms with Crippen LogP contribution >= 0.6 is 11.3 Å². The molecule has 7 heteroatoms. The van der Waals surface area contributed by atoms with Gasteiger partial charge in [-0.25, -0.2) is 9.37 Å². The third-order valence-electron chi connectivity index (χ3n) is 4.34. The molecule has 4 rings (SSSR count). The Morgan fingerprint density at radius 2 is 1.87 bits per heavy atom. The van der Waals surface area contributed by atoms with Gasteiger partial charge in [-0.15, -0.1) is 11.3 Å². The SMILES string of the molecule is O=C(NCc1cccnc1)c1csc(-c2ccccc2OCc2ccc(F)cc2)n1. The number of benzene rings is 2. The van der Waals surface area contributed by atoms with Gasteiger partial charge in [0.25, 0.3) is 5.91 Å². The average molecular weight is 419 g/mol. The van der Waals surface area contributed by atoms with Crippen molar-refractivity contribution in [3.05, 3.63) is 101 Å². The normalized spacial score (nSPS) is 10.6. The number of hydrogen-bond acceptors (Lipinski definition) is 5. The zero-order chi connectivity index (χ0) is 20.8. The number of para-hydroxylation sites is 1. The Hall–Kier alpha value is -3.58. The first-order chi connectivity index (χ1) is 14.7. The summed E-state index contributed by atoms with van der Waals surface area (Å²) >= 11 is 1.38. The molecule has 5 nitrogen and oxygen atoms in total. The van der Waals surface area contributed by atoms with Crippen LogP contribution in [-0.4, -0.2) is 15.9 Å². The standard InChI is InChI=1S/C23H18FN3O2S/c24-18-9-7-16(8-10-18)14-29-21-6-2-1-5-19(21)23-27-20(15-30-23)22(28)26-13-17-4-3-11-25-12-17/h1-12,15H,13-14H2,(H,26,28). The summed E-state index contributed by atoms with van der Waals surface area (Å²) in [6.45, 7) is 0.692. The lowest BCUT2D eigenvalue weighted by Crippen LogP contribution is -2.23. The highest BCUT2D eigenvalue weighted by molar-refractivity contribution is 7.13. The van der Waals surface area contributed by atoms with Gasteiger partial charge in [0.1, 0.15) is 28.9 Å². The first kappa shape index (κ1) is 19.7. The molecule has 2 aromatic heterocycles. The molecule has 2 heterocycles. The summed E-state index contributed by atoms with van der Waals surface area (Å²) in [5, 5.41) is 5.27. The van der Waals surface area contributed by atoms with Gasteiger partial charge in [0.05, 0.1) is 5.56 Å². The summed E-state index contributed by atoms with van der Waals surface area (Å²) in [4.78, 5) is 21.0. The molecule has 0 atom stereocenters. The Balaban J connectivity index is 1.45. The fourth-order valence-electron chi connectivity index (χ4n) is 2.79. The summed E-state index contributed by atoms with van der Waals surface area (Å²) in [6.07, 6.45) is 3.40. The number of ether oxygens (including phenoxy) is 1. The first-order valence-electron chi connectivity index (χ1n) is 9.28. The molecule has 0 unspecified atom stereocenters. The van der Waals surface area contributed by atoms with Crippen LogP contribution in [0.25, 0.3) is 10.6 Å². The molecule has 0 aliphatic carbocycles. The molecule has 0 aliphatic rings. The summed E-state index contributed by atoms with van der Waals surface area (Å²) in [5.74, 6) is 0.126. The molecule has 0 saturated carbocycles. The van der Waals surface area contributed by atoms with Crippen molar-refractivity contribution in [2.24, 2.45) is 0 Å². The largest absolute Gasteiger partial charge is 0.488 e. The molecule has 0 aliphatic heterocycles. The second-order valence-corrected chi connectivity index (χ2v) is 7.35. The Morgan fingerprint density at radius 1 is 1.03 bits per heavy atom. The maximum atomic E-state index is 13.1. The van der Waals surface area contributed by atoms with Crippen LogP contribution in [-0.2, 0) is 13.2 Å². The van der Waals surface area contributed by atoms with Gasteiger partial charge in [0.15, 0.2) is 0 Å². The van der Waals surface area contributed by atoms with Crippen molar-refractivity contribution in [3.8, 4) is 16.3 Å². The van der Waals surface area contributed by atoms with E-state index in [0.717, 1.165) is 16.7 Å². The molecule has 4 aromatic rings. The highest BCUT2D eigenvalue weighted by Gasteiger charge is 2.14. The molecule has 0 saturated heterocycles. The van der Waals surface area contributed by atoms with Crippen molar-refractivity contribution in [2.45, 2.75) is 13.2 Å². The number of carbonyl (C=O) groups is 1. The van der Waals surface area contributed by atoms with E-state index in [-0.39, 0.29) is 11.7 Å². The van der Waals surface area contributed by atoms with Crippen LogP contribution in [0.2, 0.25) is 0 Å². The fraction of sp³-hybridized carbons (Fsp3) is 0.0870. The number of hydrogen-bond donors (Lipinski definition) is 1. The maximum Gasteiger partial charge on any atom is 0.271 e. The van der Waals surface area contributed by atoms with Gasteiger partial charge >= 0.3 is 0 Å². The van der Waals surface area contributed by atoms with E-state index in [1.165, 1.54) is 23.5 Å². The Kier molecular flexibility index (Phi) is 6.10. The van der Waals surface area contributed by atoms with Crippen molar-refractivity contribution < 1.29 is 13.9 Å². The monoisotopic (exact) mass is 419 g/mol. The summed E-state index contributed by atoms with van der Waals surface area (Å²) in [5.41, 5.74) is 2.94. The van der Waals surface area contributed by atoms with Gasteiger partial charge in [-0.2, -0.15) is 0 Å². The topological polar surface area (TPSA) is 64.1 Å². The Labute approximate surface area is 177 Å². The Bertz CT molecular complexity index is 1130. The number of pyridine rings is 1. The number of aromatic nitrogens is 2. The third-order valence-corrected chi connectivity index (χ3v) is 5.21. The summed E-state index contributed by atoms with van der Waals surface area (Å²) < 4.78 is 19.0. The van der Waals surface area contributed by atoms with E-state index in [4.69, 9.17) is 4.74 Å². The number of thiazole rings is 1. The lowest BCUT2D eigenvalue weighted by atomic mass is 10.2. The highest BCUT2D eigenvalue weighted by atomic mass is 32.1. The van der Waals surface area contributed by atoms with Crippen LogP contribution in [0.1, 0.15) is 21.6 Å². The predicted octanol–water partition coefficient (Wildman–Crippen LogP) is 4.85. The van der Waals surface area contributed by atoms with E-state index in [0.29, 0.717) is 29.6 Å². The fourth-order valence-corrected chi connectivity index (χ4v) is 3.62. The van der Waals surface area contributed by atoms with Gasteiger partial charge in [-0.05, 0) is 41.5 Å². The second kappa shape index (κ2) is 9.28. The second-order valence-electron chi connectivity index (χ2n) is 6.49. The lowest BCUT2D eigenvalue weighted by molar-refractivity contribution is 0.0946. The highest BCUT2D eigenvalue weighted by Crippen LogP contribution is 2.32. The molecular formula is C23H18FN3O2S. The number of halogens is 1. The summed E-state index contributed by atoms with van der Waals surface area (Å²) in [6, 6.07) is 17.4. The van der Waals surface area contributed by atoms with Crippen LogP contribution in [0.4, 0.5) is 4.39 Å². The number of nitrogens with one attached hydrogen (secondary N) is 1. The van der Waals surface area contributed by atoms with Crippen LogP contribution < -0.4 is 10.1 Å². The van der Waals surface area contributed by atoms with Crippen LogP contribution in [0.15, 0.2) is 78.4 Å². The number of rotatable bonds is 7. The molecule has 0 fully saturated rings. The lowest BCUT2D eigenvalue weighted by Gasteiger charge is -2.10. The van der Waals surface area contributed by atoms with Crippen molar-refractivity contribution in [2.75, 3.05) is 0 Å². The minimum absolute atomic E-state index is 0.244. The van der Waals surface area contributed by atoms with Gasteiger partial charge in [0.2, 0.25) is 0 Å². The molecule has 0 spiro atoms. The Morgan fingerprint density at radius 3 is 2.67 bits per heavy atom. The van der Waals surface area contributed by atoms with E-state index in [1.807, 2.05) is 36.4 Å². The minimum atomic E-state index is -0.281. The van der Waals surface area contributed by atoms with Crippen LogP contribution in [0.3, 0.4) is 0 Å². The van der Waals surface area contributed by atoms with Crippen molar-refractivity contribution >= 4 is 17.2 Å². The van der Waals surface area contributed by atoms with E-state index >= 15 is 0 Å². The van der Waals surface area contributed by atoms with Gasteiger partial charge in [-0.1, -0.05) is 30.3 Å². The molecule has 30 heavy (non-hydrogen) atoms. The van der Waals surface area contributed by atoms with Crippen LogP contribution in [0.5, 0.6) is 5.75 Å². The molecule has 0 bridgehead atoms. The number of nitrogens with zero attached hydrogens (tertiary/aromatic N) is 2. The van der Waals surface area contributed by atoms with Gasteiger partial charge in [0, 0.05) is 24.3 Å². The minimum Gasteiger partial charge on any atom is -0.488 e. The zero-order valence-electron chi connectivity index (χ0n) is 15.9. The maximum absolute atomic E-state index is 13.1. The van der Waals surface area contributed by atoms with E-state index in [9.17, 15) is 9.18 Å². The molecule has 0 radical (unpaired) electrons. The average Bonchev–Trinajstić information content (AvgIpc) is 3.28. The van der Waals surface area contributed by atoms with E-state index in [2.05, 4.69) is 15.3 Å². The van der Waals surface area contributed by atoms with Gasteiger partial charge < -0.3 is 10.1 Å². The molecule has 1 N–H and O–H groups in total. The number of amides is 1. The van der Waals surface area contributed by atoms with Crippen molar-refractivity contribution in [1.29, 1.82) is 0 Å². The van der Waals surface area contributed by atoms with E-state index < -0.39 is 0 Å². The third kappa shape index (κ3) is 4.87. The molecule has 150 valence electrons. The molecular weight excluding hydrogens is 401 g/mol. The smallest absolute Gasteiger partial charge is 0.271 e. The first-order valence-corrected chi connectivity index (χ1v) is 10.2. The predicted molar refractivity (Wildman–Crippen MR) is 114 cm³/mol. The zero-order valence-corrected chi connectivity index (χ0v) is 16.7. The van der Waals surface area contributed by atoms with Crippen LogP contribution in [0, 0.1) is 5.82 Å². The van der Waals surface area contributed by atoms with Crippen molar-refractivity contribution in [1.82, 2.24) is 15.3 Å². The van der Waals surface area contributed by atoms with E-state index in [1.54, 1.807) is 29.9 Å². The molecule has 2 aromatic carbocycles. The summed E-state index contributed by atoms with van der Waals surface area (Å²) in [7, 11) is 0.